The third-order valence-electron chi connectivity index (χ3n) is 4.24. The van der Waals surface area contributed by atoms with E-state index in [-0.39, 0.29) is 5.82 Å². The van der Waals surface area contributed by atoms with Crippen molar-refractivity contribution in [1.82, 2.24) is 4.98 Å². The predicted octanol–water partition coefficient (Wildman–Crippen LogP) is 4.15. The molecular weight excluding hydrogens is 309 g/mol. The van der Waals surface area contributed by atoms with Crippen LogP contribution in [0, 0.1) is 5.82 Å². The summed E-state index contributed by atoms with van der Waals surface area (Å²) in [6.45, 7) is 3.88. The van der Waals surface area contributed by atoms with E-state index in [0.29, 0.717) is 0 Å². The van der Waals surface area contributed by atoms with Gasteiger partial charge in [0.25, 0.3) is 0 Å². The Kier molecular flexibility index (Phi) is 3.87. The molecule has 0 aliphatic carbocycles. The molecule has 2 aromatic carbocycles. The Labute approximate surface area is 139 Å². The van der Waals surface area contributed by atoms with Crippen LogP contribution in [0.25, 0.3) is 10.2 Å². The second-order valence-corrected chi connectivity index (χ2v) is 6.78. The number of hydrogen-bond acceptors (Lipinski definition) is 4. The molecule has 0 spiro atoms. The van der Waals surface area contributed by atoms with Crippen molar-refractivity contribution in [1.29, 1.82) is 0 Å². The number of thiazole rings is 1. The summed E-state index contributed by atoms with van der Waals surface area (Å²) in [6, 6.07) is 15.1. The first-order valence-electron chi connectivity index (χ1n) is 7.91. The third-order valence-corrected chi connectivity index (χ3v) is 5.34. The summed E-state index contributed by atoms with van der Waals surface area (Å²) < 4.78 is 14.3. The molecule has 1 aliphatic heterocycles. The van der Waals surface area contributed by atoms with E-state index in [1.807, 2.05) is 18.2 Å². The molecule has 3 aromatic rings. The smallest absolute Gasteiger partial charge is 0.186 e. The number of fused-ring (bicyclic) bond motifs is 1. The predicted molar refractivity (Wildman–Crippen MR) is 95.1 cm³/mol. The van der Waals surface area contributed by atoms with Gasteiger partial charge >= 0.3 is 0 Å². The van der Waals surface area contributed by atoms with E-state index < -0.39 is 0 Å². The van der Waals surface area contributed by atoms with E-state index in [9.17, 15) is 4.39 Å². The fraction of sp³-hybridized carbons (Fsp3) is 0.278. The van der Waals surface area contributed by atoms with Crippen LogP contribution < -0.4 is 9.80 Å². The van der Waals surface area contributed by atoms with Gasteiger partial charge in [-0.1, -0.05) is 23.5 Å². The van der Waals surface area contributed by atoms with Crippen molar-refractivity contribution >= 4 is 32.4 Å². The molecule has 5 heteroatoms. The van der Waals surface area contributed by atoms with E-state index in [0.717, 1.165) is 48.9 Å². The maximum absolute atomic E-state index is 13.1. The second kappa shape index (κ2) is 6.16. The lowest BCUT2D eigenvalue weighted by Gasteiger charge is -2.23. The van der Waals surface area contributed by atoms with Gasteiger partial charge in [0, 0.05) is 31.9 Å². The van der Waals surface area contributed by atoms with Crippen molar-refractivity contribution in [2.45, 2.75) is 6.42 Å². The van der Waals surface area contributed by atoms with Crippen LogP contribution in [0.1, 0.15) is 6.42 Å². The Hall–Kier alpha value is -2.14. The number of anilines is 2. The molecule has 4 rings (SSSR count). The topological polar surface area (TPSA) is 19.4 Å². The van der Waals surface area contributed by atoms with Gasteiger partial charge in [0.1, 0.15) is 5.82 Å². The van der Waals surface area contributed by atoms with E-state index in [4.69, 9.17) is 4.98 Å². The molecule has 0 radical (unpaired) electrons. The maximum Gasteiger partial charge on any atom is 0.186 e. The Morgan fingerprint density at radius 1 is 0.870 bits per heavy atom. The first kappa shape index (κ1) is 14.5. The molecule has 1 aromatic heterocycles. The zero-order valence-electron chi connectivity index (χ0n) is 12.8. The van der Waals surface area contributed by atoms with Crippen LogP contribution in [0.3, 0.4) is 0 Å². The van der Waals surface area contributed by atoms with Crippen LogP contribution in [0.2, 0.25) is 0 Å². The average molecular weight is 327 g/mol. The van der Waals surface area contributed by atoms with Gasteiger partial charge in [-0.3, -0.25) is 0 Å². The summed E-state index contributed by atoms with van der Waals surface area (Å²) in [7, 11) is 0. The van der Waals surface area contributed by atoms with Gasteiger partial charge in [-0.15, -0.1) is 0 Å². The van der Waals surface area contributed by atoms with Crippen molar-refractivity contribution in [2.75, 3.05) is 36.0 Å². The fourth-order valence-electron chi connectivity index (χ4n) is 3.01. The minimum absolute atomic E-state index is 0.181. The lowest BCUT2D eigenvalue weighted by molar-refractivity contribution is 0.627. The molecule has 0 amide bonds. The zero-order valence-corrected chi connectivity index (χ0v) is 13.6. The molecule has 3 nitrogen and oxygen atoms in total. The highest BCUT2D eigenvalue weighted by molar-refractivity contribution is 7.22. The van der Waals surface area contributed by atoms with Gasteiger partial charge in [0.15, 0.2) is 5.13 Å². The van der Waals surface area contributed by atoms with Crippen molar-refractivity contribution < 1.29 is 4.39 Å². The van der Waals surface area contributed by atoms with Crippen molar-refractivity contribution in [3.05, 3.63) is 54.3 Å². The SMILES string of the molecule is Fc1ccc(N2CCCN(c3nc4ccccc4s3)CC2)cc1. The van der Waals surface area contributed by atoms with Gasteiger partial charge < -0.3 is 9.80 Å². The molecule has 23 heavy (non-hydrogen) atoms. The number of halogens is 1. The number of aromatic nitrogens is 1. The minimum Gasteiger partial charge on any atom is -0.370 e. The van der Waals surface area contributed by atoms with Gasteiger partial charge in [0.05, 0.1) is 10.2 Å². The molecule has 0 atom stereocenters. The summed E-state index contributed by atoms with van der Waals surface area (Å²) in [4.78, 5) is 9.46. The van der Waals surface area contributed by atoms with Gasteiger partial charge in [-0.05, 0) is 42.8 Å². The van der Waals surface area contributed by atoms with Crippen LogP contribution in [0.4, 0.5) is 15.2 Å². The number of nitrogens with zero attached hydrogens (tertiary/aromatic N) is 3. The number of hydrogen-bond donors (Lipinski definition) is 0. The molecule has 2 heterocycles. The van der Waals surface area contributed by atoms with Crippen molar-refractivity contribution in [2.24, 2.45) is 0 Å². The lowest BCUT2D eigenvalue weighted by atomic mass is 10.2. The van der Waals surface area contributed by atoms with E-state index in [1.165, 1.54) is 16.8 Å². The molecule has 1 saturated heterocycles. The normalized spacial score (nSPS) is 15.9. The highest BCUT2D eigenvalue weighted by atomic mass is 32.1. The lowest BCUT2D eigenvalue weighted by Crippen LogP contribution is -2.30. The molecule has 1 aliphatic rings. The molecule has 0 saturated carbocycles. The Morgan fingerprint density at radius 3 is 2.43 bits per heavy atom. The zero-order chi connectivity index (χ0) is 15.6. The number of para-hydroxylation sites is 1. The summed E-state index contributed by atoms with van der Waals surface area (Å²) >= 11 is 1.76. The molecule has 0 N–H and O–H groups in total. The summed E-state index contributed by atoms with van der Waals surface area (Å²) in [6.07, 6.45) is 1.08. The van der Waals surface area contributed by atoms with Crippen molar-refractivity contribution in [3.8, 4) is 0 Å². The van der Waals surface area contributed by atoms with Crippen LogP contribution in [0.15, 0.2) is 48.5 Å². The summed E-state index contributed by atoms with van der Waals surface area (Å²) in [5.41, 5.74) is 2.17. The highest BCUT2D eigenvalue weighted by Gasteiger charge is 2.18. The van der Waals surface area contributed by atoms with Gasteiger partial charge in [-0.25, -0.2) is 9.37 Å². The number of benzene rings is 2. The quantitative estimate of drug-likeness (QED) is 0.705. The first-order chi connectivity index (χ1) is 11.3. The first-order valence-corrected chi connectivity index (χ1v) is 8.72. The van der Waals surface area contributed by atoms with Crippen molar-refractivity contribution in [3.63, 3.8) is 0 Å². The van der Waals surface area contributed by atoms with E-state index in [2.05, 4.69) is 28.0 Å². The summed E-state index contributed by atoms with van der Waals surface area (Å²) in [5.74, 6) is -0.181. The van der Waals surface area contributed by atoms with Crippen LogP contribution in [-0.4, -0.2) is 31.2 Å². The average Bonchev–Trinajstić information content (AvgIpc) is 2.85. The molecular formula is C18H18FN3S. The molecule has 0 bridgehead atoms. The largest absolute Gasteiger partial charge is 0.370 e. The van der Waals surface area contributed by atoms with E-state index in [1.54, 1.807) is 11.3 Å². The standard InChI is InChI=1S/C18H18FN3S/c19-14-6-8-15(9-7-14)21-10-3-11-22(13-12-21)18-20-16-4-1-2-5-17(16)23-18/h1-2,4-9H,3,10-13H2. The van der Waals surface area contributed by atoms with E-state index >= 15 is 0 Å². The Balaban J connectivity index is 1.51. The molecule has 1 fully saturated rings. The fourth-order valence-corrected chi connectivity index (χ4v) is 4.03. The van der Waals surface area contributed by atoms with Crippen LogP contribution in [0.5, 0.6) is 0 Å². The molecule has 0 unspecified atom stereocenters. The third kappa shape index (κ3) is 3.01. The Bertz CT molecular complexity index is 766. The van der Waals surface area contributed by atoms with Gasteiger partial charge in [-0.2, -0.15) is 0 Å². The maximum atomic E-state index is 13.1. The Morgan fingerprint density at radius 2 is 1.61 bits per heavy atom. The highest BCUT2D eigenvalue weighted by Crippen LogP contribution is 2.29. The number of rotatable bonds is 2. The minimum atomic E-state index is -0.181. The monoisotopic (exact) mass is 327 g/mol. The van der Waals surface area contributed by atoms with Crippen LogP contribution >= 0.6 is 11.3 Å². The molecule has 118 valence electrons. The van der Waals surface area contributed by atoms with Crippen LogP contribution in [-0.2, 0) is 0 Å². The summed E-state index contributed by atoms with van der Waals surface area (Å²) in [5, 5.41) is 1.10. The second-order valence-electron chi connectivity index (χ2n) is 5.77. The van der Waals surface area contributed by atoms with Gasteiger partial charge in [0.2, 0.25) is 0 Å².